The largest absolute Gasteiger partial charge is 0.497 e. The summed E-state index contributed by atoms with van der Waals surface area (Å²) >= 11 is 9.44. The summed E-state index contributed by atoms with van der Waals surface area (Å²) < 4.78 is 5.14. The summed E-state index contributed by atoms with van der Waals surface area (Å²) in [4.78, 5) is 13.2. The Morgan fingerprint density at radius 2 is 1.92 bits per heavy atom. The predicted molar refractivity (Wildman–Crippen MR) is 109 cm³/mol. The summed E-state index contributed by atoms with van der Waals surface area (Å²) in [5.74, 6) is 2.58. The molecule has 2 aromatic carbocycles. The Morgan fingerprint density at radius 3 is 2.60 bits per heavy atom. The van der Waals surface area contributed by atoms with Gasteiger partial charge in [0, 0.05) is 28.0 Å². The van der Waals surface area contributed by atoms with Crippen molar-refractivity contribution in [3.63, 3.8) is 0 Å². The number of nitrogens with one attached hydrogen (secondary N) is 1. The minimum absolute atomic E-state index is 0.0548. The van der Waals surface area contributed by atoms with E-state index >= 15 is 0 Å². The van der Waals surface area contributed by atoms with Gasteiger partial charge in [0.1, 0.15) is 5.75 Å². The SMILES string of the molecule is COc1ccc(S[C@H](C)C(=O)NCCSCc2ccccc2Cl)cc1. The second-order valence-corrected chi connectivity index (χ2v) is 8.30. The number of thioether (sulfide) groups is 2. The molecule has 0 aliphatic carbocycles. The van der Waals surface area contributed by atoms with Gasteiger partial charge in [0.05, 0.1) is 12.4 Å². The maximum Gasteiger partial charge on any atom is 0.233 e. The number of halogens is 1. The molecule has 25 heavy (non-hydrogen) atoms. The van der Waals surface area contributed by atoms with Crippen molar-refractivity contribution < 1.29 is 9.53 Å². The smallest absolute Gasteiger partial charge is 0.233 e. The van der Waals surface area contributed by atoms with E-state index < -0.39 is 0 Å². The van der Waals surface area contributed by atoms with Gasteiger partial charge in [0.2, 0.25) is 5.91 Å². The lowest BCUT2D eigenvalue weighted by molar-refractivity contribution is -0.120. The van der Waals surface area contributed by atoms with Crippen molar-refractivity contribution in [1.82, 2.24) is 5.32 Å². The Hall–Kier alpha value is -1.30. The number of hydrogen-bond acceptors (Lipinski definition) is 4. The van der Waals surface area contributed by atoms with Crippen LogP contribution >= 0.6 is 35.1 Å². The molecule has 0 bridgehead atoms. The Kier molecular flexibility index (Phi) is 8.52. The lowest BCUT2D eigenvalue weighted by Gasteiger charge is -2.12. The van der Waals surface area contributed by atoms with Crippen molar-refractivity contribution >= 4 is 41.0 Å². The normalized spacial score (nSPS) is 11.8. The molecule has 1 N–H and O–H groups in total. The fourth-order valence-corrected chi connectivity index (χ4v) is 4.14. The van der Waals surface area contributed by atoms with Gasteiger partial charge in [0.15, 0.2) is 0 Å². The zero-order valence-electron chi connectivity index (χ0n) is 14.3. The molecule has 6 heteroatoms. The number of ether oxygens (including phenoxy) is 1. The fourth-order valence-electron chi connectivity index (χ4n) is 2.10. The zero-order valence-corrected chi connectivity index (χ0v) is 16.7. The Morgan fingerprint density at radius 1 is 1.20 bits per heavy atom. The molecule has 134 valence electrons. The van der Waals surface area contributed by atoms with Crippen LogP contribution in [-0.4, -0.2) is 30.6 Å². The lowest BCUT2D eigenvalue weighted by atomic mass is 10.2. The monoisotopic (exact) mass is 395 g/mol. The molecule has 1 atom stereocenters. The number of amides is 1. The van der Waals surface area contributed by atoms with Crippen LogP contribution in [0.25, 0.3) is 0 Å². The van der Waals surface area contributed by atoms with E-state index in [0.29, 0.717) is 6.54 Å². The van der Waals surface area contributed by atoms with Crippen molar-refractivity contribution in [1.29, 1.82) is 0 Å². The first-order chi connectivity index (χ1) is 12.1. The quantitative estimate of drug-likeness (QED) is 0.485. The van der Waals surface area contributed by atoms with E-state index in [1.807, 2.05) is 55.5 Å². The molecular formula is C19H22ClNO2S2. The number of rotatable bonds is 9. The van der Waals surface area contributed by atoms with Crippen molar-refractivity contribution in [3.8, 4) is 5.75 Å². The van der Waals surface area contributed by atoms with Crippen molar-refractivity contribution in [2.75, 3.05) is 19.4 Å². The molecule has 3 nitrogen and oxygen atoms in total. The molecule has 0 aliphatic rings. The predicted octanol–water partition coefficient (Wildman–Crippen LogP) is 4.88. The molecule has 0 aliphatic heterocycles. The molecule has 0 aromatic heterocycles. The topological polar surface area (TPSA) is 38.3 Å². The number of methoxy groups -OCH3 is 1. The fraction of sp³-hybridized carbons (Fsp3) is 0.316. The highest BCUT2D eigenvalue weighted by Gasteiger charge is 2.13. The van der Waals surface area contributed by atoms with Crippen LogP contribution in [0, 0.1) is 0 Å². The molecule has 0 saturated carbocycles. The van der Waals surface area contributed by atoms with Gasteiger partial charge < -0.3 is 10.1 Å². The van der Waals surface area contributed by atoms with Gasteiger partial charge in [-0.2, -0.15) is 11.8 Å². The summed E-state index contributed by atoms with van der Waals surface area (Å²) in [7, 11) is 1.64. The first-order valence-corrected chi connectivity index (χ1v) is 10.4. The molecular weight excluding hydrogens is 374 g/mol. The summed E-state index contributed by atoms with van der Waals surface area (Å²) in [5.41, 5.74) is 1.13. The molecule has 0 spiro atoms. The summed E-state index contributed by atoms with van der Waals surface area (Å²) in [6.45, 7) is 2.57. The molecule has 2 aromatic rings. The van der Waals surface area contributed by atoms with Gasteiger partial charge in [-0.1, -0.05) is 29.8 Å². The highest BCUT2D eigenvalue weighted by atomic mass is 35.5. The standard InChI is InChI=1S/C19H22ClNO2S2/c1-14(25-17-9-7-16(23-2)8-10-17)19(22)21-11-12-24-13-15-5-3-4-6-18(15)20/h3-10,14H,11-13H2,1-2H3,(H,21,22)/t14-/m1/s1. The van der Waals surface area contributed by atoms with Gasteiger partial charge >= 0.3 is 0 Å². The van der Waals surface area contributed by atoms with Crippen LogP contribution < -0.4 is 10.1 Å². The molecule has 0 fully saturated rings. The number of carbonyl (C=O) groups excluding carboxylic acids is 1. The third kappa shape index (κ3) is 6.84. The van der Waals surface area contributed by atoms with Crippen molar-refractivity contribution in [3.05, 3.63) is 59.1 Å². The molecule has 0 unspecified atom stereocenters. The number of benzene rings is 2. The first-order valence-electron chi connectivity index (χ1n) is 7.99. The lowest BCUT2D eigenvalue weighted by Crippen LogP contribution is -2.32. The highest BCUT2D eigenvalue weighted by Crippen LogP contribution is 2.25. The molecule has 0 saturated heterocycles. The minimum atomic E-state index is -0.137. The van der Waals surface area contributed by atoms with Crippen LogP contribution in [0.4, 0.5) is 0 Å². The second-order valence-electron chi connectivity index (χ2n) is 5.37. The van der Waals surface area contributed by atoms with E-state index in [0.717, 1.165) is 32.7 Å². The van der Waals surface area contributed by atoms with Gasteiger partial charge in [-0.25, -0.2) is 0 Å². The maximum atomic E-state index is 12.2. The van der Waals surface area contributed by atoms with E-state index in [-0.39, 0.29) is 11.2 Å². The summed E-state index contributed by atoms with van der Waals surface area (Å²) in [6.07, 6.45) is 0. The second kappa shape index (κ2) is 10.6. The van der Waals surface area contributed by atoms with Gasteiger partial charge in [0.25, 0.3) is 0 Å². The van der Waals surface area contributed by atoms with E-state index in [4.69, 9.17) is 16.3 Å². The van der Waals surface area contributed by atoms with Crippen LogP contribution in [0.3, 0.4) is 0 Å². The van der Waals surface area contributed by atoms with E-state index in [2.05, 4.69) is 5.32 Å². The minimum Gasteiger partial charge on any atom is -0.497 e. The van der Waals surface area contributed by atoms with Crippen LogP contribution in [0.5, 0.6) is 5.75 Å². The van der Waals surface area contributed by atoms with Crippen molar-refractivity contribution in [2.24, 2.45) is 0 Å². The van der Waals surface area contributed by atoms with Crippen LogP contribution in [-0.2, 0) is 10.5 Å². The zero-order chi connectivity index (χ0) is 18.1. The number of carbonyl (C=O) groups is 1. The molecule has 1 amide bonds. The Bertz CT molecular complexity index is 679. The molecule has 0 heterocycles. The van der Waals surface area contributed by atoms with Crippen LogP contribution in [0.2, 0.25) is 5.02 Å². The van der Waals surface area contributed by atoms with Crippen LogP contribution in [0.15, 0.2) is 53.4 Å². The van der Waals surface area contributed by atoms with Gasteiger partial charge in [-0.05, 0) is 42.8 Å². The van der Waals surface area contributed by atoms with Gasteiger partial charge in [-0.3, -0.25) is 4.79 Å². The van der Waals surface area contributed by atoms with E-state index in [9.17, 15) is 4.79 Å². The molecule has 2 rings (SSSR count). The summed E-state index contributed by atoms with van der Waals surface area (Å²) in [5, 5.41) is 3.65. The Labute approximate surface area is 162 Å². The first kappa shape index (κ1) is 20.0. The van der Waals surface area contributed by atoms with Crippen LogP contribution in [0.1, 0.15) is 12.5 Å². The maximum absolute atomic E-state index is 12.2. The van der Waals surface area contributed by atoms with E-state index in [1.165, 1.54) is 0 Å². The number of hydrogen-bond donors (Lipinski definition) is 1. The average Bonchev–Trinajstić information content (AvgIpc) is 2.63. The van der Waals surface area contributed by atoms with E-state index in [1.54, 1.807) is 30.6 Å². The Balaban J connectivity index is 1.66. The summed E-state index contributed by atoms with van der Waals surface area (Å²) in [6, 6.07) is 15.6. The average molecular weight is 396 g/mol. The third-order valence-corrected chi connectivity index (χ3v) is 5.99. The molecule has 0 radical (unpaired) electrons. The third-order valence-electron chi connectivity index (χ3n) is 3.50. The van der Waals surface area contributed by atoms with Crippen molar-refractivity contribution in [2.45, 2.75) is 22.8 Å². The van der Waals surface area contributed by atoms with Gasteiger partial charge in [-0.15, -0.1) is 11.8 Å². The highest BCUT2D eigenvalue weighted by molar-refractivity contribution is 8.00.